The van der Waals surface area contributed by atoms with Gasteiger partial charge < -0.3 is 28.9 Å². The second-order valence-corrected chi connectivity index (χ2v) is 7.34. The van der Waals surface area contributed by atoms with Gasteiger partial charge in [0.05, 0.1) is 26.4 Å². The van der Waals surface area contributed by atoms with Crippen LogP contribution in [0.5, 0.6) is 11.5 Å². The smallest absolute Gasteiger partial charge is 0.196 e. The molecule has 9 nitrogen and oxygen atoms in total. The number of aromatic nitrogens is 2. The molecule has 2 aromatic carbocycles. The molecule has 2 aromatic heterocycles. The summed E-state index contributed by atoms with van der Waals surface area (Å²) in [5, 5.41) is 20.9. The molecule has 0 bridgehead atoms. The molecule has 0 aliphatic rings. The Labute approximate surface area is 189 Å². The van der Waals surface area contributed by atoms with E-state index in [-0.39, 0.29) is 18.0 Å². The number of aliphatic hydroxyl groups excluding tert-OH is 1. The Balaban J connectivity index is 1.72. The Morgan fingerprint density at radius 1 is 1.06 bits per heavy atom. The molecular formula is C24H23N3O6. The lowest BCUT2D eigenvalue weighted by molar-refractivity contribution is 0.0966. The summed E-state index contributed by atoms with van der Waals surface area (Å²) < 4.78 is 20.9. The van der Waals surface area contributed by atoms with Crippen LogP contribution in [0.15, 0.2) is 63.8 Å². The third-order valence-electron chi connectivity index (χ3n) is 5.10. The minimum absolute atomic E-state index is 0.180. The maximum absolute atomic E-state index is 13.7. The number of ketones is 1. The Morgan fingerprint density at radius 2 is 1.82 bits per heavy atom. The van der Waals surface area contributed by atoms with Crippen LogP contribution in [0.4, 0.5) is 5.69 Å². The predicted molar refractivity (Wildman–Crippen MR) is 119 cm³/mol. The van der Waals surface area contributed by atoms with E-state index in [1.807, 2.05) is 0 Å². The van der Waals surface area contributed by atoms with Crippen molar-refractivity contribution in [3.05, 3.63) is 77.4 Å². The molecule has 0 amide bonds. The molecular weight excluding hydrogens is 426 g/mol. The van der Waals surface area contributed by atoms with Crippen LogP contribution in [0.25, 0.3) is 11.3 Å². The number of Topliss-reactive ketones (excluding diaryl/α,β-unsaturated/α-hetero) is 1. The molecule has 0 radical (unpaired) electrons. The quantitative estimate of drug-likeness (QED) is 0.363. The van der Waals surface area contributed by atoms with Crippen molar-refractivity contribution in [2.24, 2.45) is 0 Å². The van der Waals surface area contributed by atoms with Crippen molar-refractivity contribution >= 4 is 11.5 Å². The maximum atomic E-state index is 13.7. The number of carbonyl (C=O) groups is 1. The molecule has 2 N–H and O–H groups in total. The number of rotatable bonds is 9. The second kappa shape index (κ2) is 9.58. The fourth-order valence-corrected chi connectivity index (χ4v) is 3.44. The third kappa shape index (κ3) is 4.73. The topological polar surface area (TPSA) is 120 Å². The van der Waals surface area contributed by atoms with Crippen LogP contribution >= 0.6 is 0 Å². The van der Waals surface area contributed by atoms with E-state index in [9.17, 15) is 9.90 Å². The zero-order chi connectivity index (χ0) is 23.4. The van der Waals surface area contributed by atoms with Gasteiger partial charge in [-0.25, -0.2) is 0 Å². The fourth-order valence-electron chi connectivity index (χ4n) is 3.44. The van der Waals surface area contributed by atoms with Crippen LogP contribution < -0.4 is 14.8 Å². The number of nitrogens with one attached hydrogen (secondary N) is 1. The summed E-state index contributed by atoms with van der Waals surface area (Å²) in [6.07, 6.45) is 1.31. The molecule has 0 saturated heterocycles. The summed E-state index contributed by atoms with van der Waals surface area (Å²) in [4.78, 5) is 13.7. The first-order valence-electron chi connectivity index (χ1n) is 10.1. The van der Waals surface area contributed by atoms with Gasteiger partial charge in [-0.15, -0.1) is 0 Å². The first-order chi connectivity index (χ1) is 16.0. The second-order valence-electron chi connectivity index (χ2n) is 7.34. The molecule has 0 aliphatic carbocycles. The number of aryl methyl sites for hydroxylation is 1. The van der Waals surface area contributed by atoms with Crippen LogP contribution in [0.1, 0.15) is 33.4 Å². The Bertz CT molecular complexity index is 1220. The highest BCUT2D eigenvalue weighted by Gasteiger charge is 2.30. The third-order valence-corrected chi connectivity index (χ3v) is 5.10. The average molecular weight is 449 g/mol. The number of aliphatic hydroxyl groups is 1. The molecule has 170 valence electrons. The van der Waals surface area contributed by atoms with Crippen LogP contribution in [0.3, 0.4) is 0 Å². The van der Waals surface area contributed by atoms with Crippen molar-refractivity contribution in [1.82, 2.24) is 10.3 Å². The van der Waals surface area contributed by atoms with Crippen molar-refractivity contribution in [1.29, 1.82) is 0 Å². The van der Waals surface area contributed by atoms with Gasteiger partial charge in [0.15, 0.2) is 5.78 Å². The van der Waals surface area contributed by atoms with E-state index in [1.165, 1.54) is 13.4 Å². The minimum atomic E-state index is -0.905. The van der Waals surface area contributed by atoms with E-state index >= 15 is 0 Å². The van der Waals surface area contributed by atoms with Gasteiger partial charge in [-0.05, 0) is 48.9 Å². The van der Waals surface area contributed by atoms with E-state index in [0.29, 0.717) is 45.5 Å². The lowest BCUT2D eigenvalue weighted by atomic mass is 9.98. The summed E-state index contributed by atoms with van der Waals surface area (Å²) in [7, 11) is 3.11. The molecule has 4 aromatic rings. The summed E-state index contributed by atoms with van der Waals surface area (Å²) in [6.45, 7) is 1.57. The van der Waals surface area contributed by atoms with E-state index in [1.54, 1.807) is 62.6 Å². The summed E-state index contributed by atoms with van der Waals surface area (Å²) >= 11 is 0. The van der Waals surface area contributed by atoms with Crippen LogP contribution in [0, 0.1) is 6.92 Å². The number of hydrogen-bond donors (Lipinski definition) is 2. The van der Waals surface area contributed by atoms with E-state index in [4.69, 9.17) is 18.5 Å². The van der Waals surface area contributed by atoms with Gasteiger partial charge in [-0.3, -0.25) is 4.79 Å². The van der Waals surface area contributed by atoms with Gasteiger partial charge in [0.1, 0.15) is 41.0 Å². The number of carbonyl (C=O) groups excluding carboxylic acids is 1. The first kappa shape index (κ1) is 22.1. The summed E-state index contributed by atoms with van der Waals surface area (Å²) in [6, 6.07) is 13.1. The van der Waals surface area contributed by atoms with Crippen LogP contribution in [0.2, 0.25) is 0 Å². The minimum Gasteiger partial charge on any atom is -0.497 e. The highest BCUT2D eigenvalue weighted by Crippen LogP contribution is 2.31. The molecule has 1 atom stereocenters. The number of benzene rings is 2. The van der Waals surface area contributed by atoms with Gasteiger partial charge in [-0.1, -0.05) is 10.3 Å². The summed E-state index contributed by atoms with van der Waals surface area (Å²) in [5.74, 6) is 1.47. The maximum Gasteiger partial charge on any atom is 0.196 e. The lowest BCUT2D eigenvalue weighted by Gasteiger charge is -2.18. The van der Waals surface area contributed by atoms with Crippen molar-refractivity contribution in [2.45, 2.75) is 19.6 Å². The van der Waals surface area contributed by atoms with Crippen LogP contribution in [-0.4, -0.2) is 35.4 Å². The van der Waals surface area contributed by atoms with Gasteiger partial charge in [0, 0.05) is 23.4 Å². The van der Waals surface area contributed by atoms with E-state index < -0.39 is 6.04 Å². The van der Waals surface area contributed by atoms with Gasteiger partial charge in [0.2, 0.25) is 0 Å². The molecule has 2 heterocycles. The normalized spacial score (nSPS) is 11.8. The monoisotopic (exact) mass is 449 g/mol. The highest BCUT2D eigenvalue weighted by atomic mass is 16.5. The Hall–Kier alpha value is -4.11. The number of anilines is 1. The van der Waals surface area contributed by atoms with Crippen molar-refractivity contribution in [3.8, 4) is 22.8 Å². The first-order valence-corrected chi connectivity index (χ1v) is 10.1. The van der Waals surface area contributed by atoms with Crippen LogP contribution in [-0.2, 0) is 6.61 Å². The molecule has 4 rings (SSSR count). The lowest BCUT2D eigenvalue weighted by Crippen LogP contribution is -2.22. The molecule has 1 unspecified atom stereocenters. The largest absolute Gasteiger partial charge is 0.497 e. The van der Waals surface area contributed by atoms with Gasteiger partial charge in [-0.2, -0.15) is 0 Å². The molecule has 0 aliphatic heterocycles. The number of ether oxygens (including phenoxy) is 2. The van der Waals surface area contributed by atoms with E-state index in [2.05, 4.69) is 15.6 Å². The van der Waals surface area contributed by atoms with Gasteiger partial charge in [0.25, 0.3) is 0 Å². The Morgan fingerprint density at radius 3 is 2.45 bits per heavy atom. The zero-order valence-electron chi connectivity index (χ0n) is 18.4. The SMILES string of the molecule is COc1ccc(-c2nocc2C(=O)C(Nc2cc(CO)cc(OC)c2)c2cc(C)on2)cc1. The van der Waals surface area contributed by atoms with E-state index in [0.717, 1.165) is 0 Å². The highest BCUT2D eigenvalue weighted by molar-refractivity contribution is 6.06. The average Bonchev–Trinajstić information content (AvgIpc) is 3.51. The Kier molecular flexibility index (Phi) is 6.41. The standard InChI is InChI=1S/C24H23N3O6/c1-14-8-21(26-33-14)23(25-17-9-15(12-28)10-19(11-17)31-3)24(29)20-13-32-27-22(20)16-4-6-18(30-2)7-5-16/h4-11,13,23,25,28H,12H2,1-3H3. The predicted octanol–water partition coefficient (Wildman–Crippen LogP) is 4.18. The van der Waals surface area contributed by atoms with Crippen molar-refractivity contribution in [2.75, 3.05) is 19.5 Å². The molecule has 9 heteroatoms. The van der Waals surface area contributed by atoms with Crippen molar-refractivity contribution in [3.63, 3.8) is 0 Å². The number of hydrogen-bond acceptors (Lipinski definition) is 9. The molecule has 0 fully saturated rings. The number of nitrogens with zero attached hydrogens (tertiary/aromatic N) is 2. The summed E-state index contributed by atoms with van der Waals surface area (Å²) in [5.41, 5.74) is 2.97. The molecule has 0 spiro atoms. The zero-order valence-corrected chi connectivity index (χ0v) is 18.4. The fraction of sp³-hybridized carbons (Fsp3) is 0.208. The van der Waals surface area contributed by atoms with Crippen molar-refractivity contribution < 1.29 is 28.4 Å². The molecule has 33 heavy (non-hydrogen) atoms. The number of methoxy groups -OCH3 is 2. The molecule has 0 saturated carbocycles. The van der Waals surface area contributed by atoms with Gasteiger partial charge >= 0.3 is 0 Å².